The second kappa shape index (κ2) is 10.1. The zero-order valence-corrected chi connectivity index (χ0v) is 23.4. The molecule has 204 valence electrons. The zero-order valence-electron chi connectivity index (χ0n) is 23.4. The fourth-order valence-electron chi connectivity index (χ4n) is 6.50. The number of benzene rings is 1. The highest BCUT2D eigenvalue weighted by Crippen LogP contribution is 2.55. The standard InChI is InChI=1S/C29H39N5O4/c1-27(2)17-34(11-10-20(27)16-35)26-31-14-19(15-32-26)23(36)33-24-28(3,4)25(29(24,5)6)38-21-9-8-18(13-30)22(12-21)37-7/h8-9,12,14-15,20,24-25,35H,10-11,16-17H2,1-7H3,(H,33,36)/t20-,24?,25?/m1/s1. The van der Waals surface area contributed by atoms with Crippen LogP contribution in [0.2, 0.25) is 0 Å². The van der Waals surface area contributed by atoms with Crippen molar-refractivity contribution in [3.63, 3.8) is 0 Å². The summed E-state index contributed by atoms with van der Waals surface area (Å²) in [7, 11) is 1.53. The first-order valence-corrected chi connectivity index (χ1v) is 13.1. The van der Waals surface area contributed by atoms with E-state index in [4.69, 9.17) is 9.47 Å². The summed E-state index contributed by atoms with van der Waals surface area (Å²) in [6.07, 6.45) is 3.86. The molecule has 2 aliphatic rings. The van der Waals surface area contributed by atoms with Crippen LogP contribution in [0.4, 0.5) is 5.95 Å². The molecule has 1 saturated heterocycles. The van der Waals surface area contributed by atoms with E-state index in [0.29, 0.717) is 28.6 Å². The van der Waals surface area contributed by atoms with Gasteiger partial charge in [0, 0.05) is 55.0 Å². The Morgan fingerprint density at radius 2 is 1.84 bits per heavy atom. The summed E-state index contributed by atoms with van der Waals surface area (Å²) in [5.41, 5.74) is 0.0951. The summed E-state index contributed by atoms with van der Waals surface area (Å²) in [4.78, 5) is 24.3. The molecular weight excluding hydrogens is 482 g/mol. The fraction of sp³-hybridized carbons (Fsp3) is 0.586. The van der Waals surface area contributed by atoms with Crippen molar-refractivity contribution >= 4 is 11.9 Å². The number of carbonyl (C=O) groups is 1. The number of methoxy groups -OCH3 is 1. The minimum atomic E-state index is -0.357. The number of nitriles is 1. The van der Waals surface area contributed by atoms with E-state index in [2.05, 4.69) is 67.8 Å². The Labute approximate surface area is 225 Å². The van der Waals surface area contributed by atoms with E-state index >= 15 is 0 Å². The van der Waals surface area contributed by atoms with Gasteiger partial charge < -0.3 is 24.8 Å². The van der Waals surface area contributed by atoms with Crippen LogP contribution in [0.25, 0.3) is 0 Å². The van der Waals surface area contributed by atoms with Crippen molar-refractivity contribution in [2.45, 2.75) is 60.1 Å². The molecule has 0 radical (unpaired) electrons. The van der Waals surface area contributed by atoms with Gasteiger partial charge in [0.1, 0.15) is 23.7 Å². The number of carbonyl (C=O) groups excluding carboxylic acids is 1. The van der Waals surface area contributed by atoms with Crippen molar-refractivity contribution in [3.05, 3.63) is 41.7 Å². The maximum absolute atomic E-state index is 13.2. The van der Waals surface area contributed by atoms with Crippen LogP contribution in [-0.2, 0) is 0 Å². The number of ether oxygens (including phenoxy) is 2. The Morgan fingerprint density at radius 3 is 2.39 bits per heavy atom. The highest BCUT2D eigenvalue weighted by Gasteiger charge is 2.64. The van der Waals surface area contributed by atoms with E-state index < -0.39 is 0 Å². The maximum atomic E-state index is 13.2. The van der Waals surface area contributed by atoms with Crippen LogP contribution in [0.3, 0.4) is 0 Å². The van der Waals surface area contributed by atoms with Crippen LogP contribution >= 0.6 is 0 Å². The molecule has 1 aromatic heterocycles. The van der Waals surface area contributed by atoms with Crippen molar-refractivity contribution in [2.24, 2.45) is 22.2 Å². The molecular formula is C29H39N5O4. The normalized spacial score (nSPS) is 25.0. The van der Waals surface area contributed by atoms with E-state index in [9.17, 15) is 15.2 Å². The Bertz CT molecular complexity index is 1200. The number of piperidine rings is 1. The molecule has 2 aromatic rings. The van der Waals surface area contributed by atoms with Gasteiger partial charge in [-0.1, -0.05) is 41.5 Å². The molecule has 1 aromatic carbocycles. The Morgan fingerprint density at radius 1 is 1.18 bits per heavy atom. The number of hydrogen-bond donors (Lipinski definition) is 2. The number of hydrogen-bond acceptors (Lipinski definition) is 8. The minimum Gasteiger partial charge on any atom is -0.495 e. The smallest absolute Gasteiger partial charge is 0.254 e. The lowest BCUT2D eigenvalue weighted by Gasteiger charge is -2.63. The van der Waals surface area contributed by atoms with E-state index in [0.717, 1.165) is 19.5 Å². The Kier molecular flexibility index (Phi) is 7.32. The van der Waals surface area contributed by atoms with Gasteiger partial charge in [-0.25, -0.2) is 9.97 Å². The zero-order chi connectivity index (χ0) is 27.9. The van der Waals surface area contributed by atoms with E-state index in [1.807, 2.05) is 0 Å². The van der Waals surface area contributed by atoms with Crippen LogP contribution in [0.15, 0.2) is 30.6 Å². The average Bonchev–Trinajstić information content (AvgIpc) is 2.89. The van der Waals surface area contributed by atoms with Gasteiger partial charge in [0.15, 0.2) is 0 Å². The highest BCUT2D eigenvalue weighted by atomic mass is 16.5. The van der Waals surface area contributed by atoms with Gasteiger partial charge in [0.25, 0.3) is 5.91 Å². The number of nitrogens with one attached hydrogen (secondary N) is 1. The molecule has 38 heavy (non-hydrogen) atoms. The lowest BCUT2D eigenvalue weighted by atomic mass is 9.49. The topological polar surface area (TPSA) is 121 Å². The molecule has 2 heterocycles. The van der Waals surface area contributed by atoms with Gasteiger partial charge in [0.2, 0.25) is 5.95 Å². The second-order valence-electron chi connectivity index (χ2n) is 12.4. The second-order valence-corrected chi connectivity index (χ2v) is 12.4. The Hall–Kier alpha value is -3.38. The lowest BCUT2D eigenvalue weighted by molar-refractivity contribution is -0.164. The highest BCUT2D eigenvalue weighted by molar-refractivity contribution is 5.94. The molecule has 0 spiro atoms. The van der Waals surface area contributed by atoms with Gasteiger partial charge in [-0.2, -0.15) is 5.26 Å². The van der Waals surface area contributed by atoms with Crippen molar-refractivity contribution in [1.82, 2.24) is 15.3 Å². The van der Waals surface area contributed by atoms with E-state index in [1.54, 1.807) is 30.6 Å². The summed E-state index contributed by atoms with van der Waals surface area (Å²) in [6.45, 7) is 14.3. The summed E-state index contributed by atoms with van der Waals surface area (Å²) >= 11 is 0. The number of rotatable bonds is 7. The Balaban J connectivity index is 1.42. The molecule has 4 rings (SSSR count). The third-order valence-electron chi connectivity index (χ3n) is 8.52. The molecule has 1 aliphatic carbocycles. The number of aromatic nitrogens is 2. The molecule has 9 nitrogen and oxygen atoms in total. The minimum absolute atomic E-state index is 0.0463. The SMILES string of the molecule is COc1cc(OC2C(C)(C)C(NC(=O)c3cnc(N4CC[C@H](CO)C(C)(C)C4)nc3)C2(C)C)ccc1C#N. The molecule has 1 aliphatic heterocycles. The first-order valence-electron chi connectivity index (χ1n) is 13.1. The van der Waals surface area contributed by atoms with Crippen LogP contribution in [0.5, 0.6) is 11.5 Å². The quantitative estimate of drug-likeness (QED) is 0.564. The van der Waals surface area contributed by atoms with Crippen LogP contribution in [0.1, 0.15) is 63.9 Å². The van der Waals surface area contributed by atoms with Crippen LogP contribution < -0.4 is 19.7 Å². The largest absolute Gasteiger partial charge is 0.495 e. The number of anilines is 1. The summed E-state index contributed by atoms with van der Waals surface area (Å²) in [5.74, 6) is 1.72. The van der Waals surface area contributed by atoms with Crippen LogP contribution in [-0.4, -0.2) is 59.9 Å². The average molecular weight is 522 g/mol. The van der Waals surface area contributed by atoms with Gasteiger partial charge in [-0.05, 0) is 29.9 Å². The van der Waals surface area contributed by atoms with Gasteiger partial charge in [0.05, 0.1) is 18.2 Å². The molecule has 2 N–H and O–H groups in total. The number of aliphatic hydroxyl groups is 1. The van der Waals surface area contributed by atoms with E-state index in [-0.39, 0.29) is 46.8 Å². The van der Waals surface area contributed by atoms with E-state index in [1.165, 1.54) is 7.11 Å². The maximum Gasteiger partial charge on any atom is 0.254 e. The van der Waals surface area contributed by atoms with Crippen LogP contribution in [0, 0.1) is 33.5 Å². The summed E-state index contributed by atoms with van der Waals surface area (Å²) < 4.78 is 11.7. The molecule has 2 fully saturated rings. The van der Waals surface area contributed by atoms with Crippen molar-refractivity contribution < 1.29 is 19.4 Å². The van der Waals surface area contributed by atoms with Gasteiger partial charge in [-0.15, -0.1) is 0 Å². The molecule has 9 heteroatoms. The first kappa shape index (κ1) is 27.6. The molecule has 1 saturated carbocycles. The lowest BCUT2D eigenvalue weighted by Crippen LogP contribution is -2.74. The van der Waals surface area contributed by atoms with Gasteiger partial charge in [-0.3, -0.25) is 4.79 Å². The predicted molar refractivity (Wildman–Crippen MR) is 144 cm³/mol. The molecule has 0 unspecified atom stereocenters. The van der Waals surface area contributed by atoms with Gasteiger partial charge >= 0.3 is 0 Å². The van der Waals surface area contributed by atoms with Crippen molar-refractivity contribution in [1.29, 1.82) is 5.26 Å². The number of nitrogens with zero attached hydrogens (tertiary/aromatic N) is 4. The number of amides is 1. The molecule has 1 amide bonds. The predicted octanol–water partition coefficient (Wildman–Crippen LogP) is 3.81. The van der Waals surface area contributed by atoms with Crippen molar-refractivity contribution in [3.8, 4) is 17.6 Å². The third kappa shape index (κ3) is 4.90. The number of aliphatic hydroxyl groups excluding tert-OH is 1. The third-order valence-corrected chi connectivity index (χ3v) is 8.52. The monoisotopic (exact) mass is 521 g/mol. The summed E-state index contributed by atoms with van der Waals surface area (Å²) in [6, 6.07) is 7.14. The van der Waals surface area contributed by atoms with Crippen molar-refractivity contribution in [2.75, 3.05) is 31.7 Å². The molecule has 1 atom stereocenters. The first-order chi connectivity index (χ1) is 17.8. The molecule has 0 bridgehead atoms. The fourth-order valence-corrected chi connectivity index (χ4v) is 6.50. The summed E-state index contributed by atoms with van der Waals surface area (Å²) in [5, 5.41) is 22.1.